The normalized spacial score (nSPS) is 16.6. The number of piperazine rings is 1. The van der Waals surface area contributed by atoms with Gasteiger partial charge in [0.05, 0.1) is 6.20 Å². The molecule has 1 aliphatic heterocycles. The second-order valence-corrected chi connectivity index (χ2v) is 5.17. The summed E-state index contributed by atoms with van der Waals surface area (Å²) in [6.45, 7) is 8.76. The number of hydrogen-bond acceptors (Lipinski definition) is 6. The molecule has 20 heavy (non-hydrogen) atoms. The standard InChI is InChI=1S/C14H19N5O/c1-11-3-4-15-14(17-11)19-7-5-18(6-8-19)10-13-9-16-20-12(13)2/h3-4,9H,5-8,10H2,1-2H3. The van der Waals surface area contributed by atoms with E-state index in [9.17, 15) is 0 Å². The minimum Gasteiger partial charge on any atom is -0.361 e. The Kier molecular flexibility index (Phi) is 3.64. The van der Waals surface area contributed by atoms with E-state index in [0.29, 0.717) is 0 Å². The van der Waals surface area contributed by atoms with Gasteiger partial charge in [0.25, 0.3) is 0 Å². The van der Waals surface area contributed by atoms with E-state index in [1.807, 2.05) is 32.3 Å². The second kappa shape index (κ2) is 5.58. The van der Waals surface area contributed by atoms with Crippen LogP contribution in [-0.4, -0.2) is 46.2 Å². The minimum atomic E-state index is 0.839. The van der Waals surface area contributed by atoms with Gasteiger partial charge < -0.3 is 9.42 Å². The van der Waals surface area contributed by atoms with Crippen molar-refractivity contribution in [2.45, 2.75) is 20.4 Å². The third-order valence-corrected chi connectivity index (χ3v) is 3.68. The largest absolute Gasteiger partial charge is 0.361 e. The first-order chi connectivity index (χ1) is 9.72. The molecule has 1 saturated heterocycles. The smallest absolute Gasteiger partial charge is 0.225 e. The highest BCUT2D eigenvalue weighted by Gasteiger charge is 2.20. The first kappa shape index (κ1) is 13.1. The molecule has 2 aromatic rings. The molecule has 0 aliphatic carbocycles. The first-order valence-electron chi connectivity index (χ1n) is 6.89. The highest BCUT2D eigenvalue weighted by atomic mass is 16.5. The van der Waals surface area contributed by atoms with Crippen molar-refractivity contribution in [3.05, 3.63) is 35.5 Å². The van der Waals surface area contributed by atoms with Crippen LogP contribution in [0.2, 0.25) is 0 Å². The first-order valence-corrected chi connectivity index (χ1v) is 6.89. The zero-order valence-corrected chi connectivity index (χ0v) is 11.9. The van der Waals surface area contributed by atoms with Crippen LogP contribution in [0.15, 0.2) is 23.0 Å². The van der Waals surface area contributed by atoms with Gasteiger partial charge in [-0.1, -0.05) is 5.16 Å². The molecule has 0 saturated carbocycles. The average Bonchev–Trinajstić information content (AvgIpc) is 2.85. The van der Waals surface area contributed by atoms with Crippen LogP contribution in [0.25, 0.3) is 0 Å². The van der Waals surface area contributed by atoms with E-state index in [1.165, 1.54) is 5.56 Å². The third-order valence-electron chi connectivity index (χ3n) is 3.68. The molecular weight excluding hydrogens is 254 g/mol. The van der Waals surface area contributed by atoms with Gasteiger partial charge in [-0.3, -0.25) is 4.90 Å². The SMILES string of the molecule is Cc1ccnc(N2CCN(Cc3cnoc3C)CC2)n1. The van der Waals surface area contributed by atoms with E-state index in [4.69, 9.17) is 4.52 Å². The van der Waals surface area contributed by atoms with E-state index in [2.05, 4.69) is 24.9 Å². The molecule has 3 rings (SSSR count). The van der Waals surface area contributed by atoms with Crippen LogP contribution in [0.1, 0.15) is 17.0 Å². The van der Waals surface area contributed by atoms with Crippen molar-refractivity contribution in [1.29, 1.82) is 0 Å². The zero-order chi connectivity index (χ0) is 13.9. The van der Waals surface area contributed by atoms with E-state index in [0.717, 1.165) is 50.1 Å². The number of anilines is 1. The molecular formula is C14H19N5O. The molecule has 0 N–H and O–H groups in total. The van der Waals surface area contributed by atoms with Gasteiger partial charge in [-0.05, 0) is 19.9 Å². The Labute approximate surface area is 118 Å². The molecule has 6 nitrogen and oxygen atoms in total. The van der Waals surface area contributed by atoms with Crippen LogP contribution in [0, 0.1) is 13.8 Å². The van der Waals surface area contributed by atoms with E-state index < -0.39 is 0 Å². The maximum absolute atomic E-state index is 5.10. The fourth-order valence-electron chi connectivity index (χ4n) is 2.41. The average molecular weight is 273 g/mol. The Bertz CT molecular complexity index is 574. The van der Waals surface area contributed by atoms with Crippen molar-refractivity contribution in [3.63, 3.8) is 0 Å². The van der Waals surface area contributed by atoms with Crippen LogP contribution < -0.4 is 4.90 Å². The van der Waals surface area contributed by atoms with Gasteiger partial charge >= 0.3 is 0 Å². The molecule has 0 amide bonds. The zero-order valence-electron chi connectivity index (χ0n) is 11.9. The summed E-state index contributed by atoms with van der Waals surface area (Å²) < 4.78 is 5.10. The molecule has 1 aliphatic rings. The van der Waals surface area contributed by atoms with Gasteiger partial charge in [0.15, 0.2) is 0 Å². The van der Waals surface area contributed by atoms with Crippen LogP contribution >= 0.6 is 0 Å². The van der Waals surface area contributed by atoms with E-state index in [-0.39, 0.29) is 0 Å². The lowest BCUT2D eigenvalue weighted by Crippen LogP contribution is -2.46. The lowest BCUT2D eigenvalue weighted by molar-refractivity contribution is 0.247. The van der Waals surface area contributed by atoms with Crippen molar-refractivity contribution < 1.29 is 4.52 Å². The quantitative estimate of drug-likeness (QED) is 0.842. The molecule has 0 aromatic carbocycles. The monoisotopic (exact) mass is 273 g/mol. The molecule has 0 bridgehead atoms. The van der Waals surface area contributed by atoms with Crippen molar-refractivity contribution in [3.8, 4) is 0 Å². The van der Waals surface area contributed by atoms with Crippen LogP contribution in [0.5, 0.6) is 0 Å². The molecule has 6 heteroatoms. The molecule has 0 atom stereocenters. The van der Waals surface area contributed by atoms with E-state index in [1.54, 1.807) is 0 Å². The predicted molar refractivity (Wildman–Crippen MR) is 75.5 cm³/mol. The van der Waals surface area contributed by atoms with Crippen molar-refractivity contribution in [2.24, 2.45) is 0 Å². The van der Waals surface area contributed by atoms with Gasteiger partial charge in [0, 0.05) is 50.2 Å². The summed E-state index contributed by atoms with van der Waals surface area (Å²) in [4.78, 5) is 13.5. The lowest BCUT2D eigenvalue weighted by Gasteiger charge is -2.34. The Morgan fingerprint density at radius 2 is 2.00 bits per heavy atom. The summed E-state index contributed by atoms with van der Waals surface area (Å²) >= 11 is 0. The maximum atomic E-state index is 5.10. The summed E-state index contributed by atoms with van der Waals surface area (Å²) in [6.07, 6.45) is 3.63. The number of aromatic nitrogens is 3. The third kappa shape index (κ3) is 2.80. The Morgan fingerprint density at radius 3 is 2.65 bits per heavy atom. The second-order valence-electron chi connectivity index (χ2n) is 5.17. The van der Waals surface area contributed by atoms with Crippen molar-refractivity contribution >= 4 is 5.95 Å². The highest BCUT2D eigenvalue weighted by molar-refractivity contribution is 5.30. The summed E-state index contributed by atoms with van der Waals surface area (Å²) in [5, 5.41) is 3.83. The Morgan fingerprint density at radius 1 is 1.20 bits per heavy atom. The molecule has 0 unspecified atom stereocenters. The fraction of sp³-hybridized carbons (Fsp3) is 0.500. The van der Waals surface area contributed by atoms with E-state index >= 15 is 0 Å². The molecule has 2 aromatic heterocycles. The summed E-state index contributed by atoms with van der Waals surface area (Å²) in [5.74, 6) is 1.75. The maximum Gasteiger partial charge on any atom is 0.225 e. The molecule has 3 heterocycles. The van der Waals surface area contributed by atoms with Gasteiger partial charge in [-0.25, -0.2) is 9.97 Å². The topological polar surface area (TPSA) is 58.3 Å². The van der Waals surface area contributed by atoms with Gasteiger partial charge in [-0.2, -0.15) is 0 Å². The Balaban J connectivity index is 1.58. The van der Waals surface area contributed by atoms with Crippen LogP contribution in [0.4, 0.5) is 5.95 Å². The lowest BCUT2D eigenvalue weighted by atomic mass is 10.2. The minimum absolute atomic E-state index is 0.839. The fourth-order valence-corrected chi connectivity index (χ4v) is 2.41. The van der Waals surface area contributed by atoms with Crippen molar-refractivity contribution in [1.82, 2.24) is 20.0 Å². The van der Waals surface area contributed by atoms with Crippen molar-refractivity contribution in [2.75, 3.05) is 31.1 Å². The number of aryl methyl sites for hydroxylation is 2. The Hall–Kier alpha value is -1.95. The van der Waals surface area contributed by atoms with Gasteiger partial charge in [0.2, 0.25) is 5.95 Å². The summed E-state index contributed by atoms with van der Waals surface area (Å²) in [7, 11) is 0. The molecule has 0 spiro atoms. The number of nitrogens with zero attached hydrogens (tertiary/aromatic N) is 5. The van der Waals surface area contributed by atoms with Crippen LogP contribution in [0.3, 0.4) is 0 Å². The molecule has 0 radical (unpaired) electrons. The van der Waals surface area contributed by atoms with Gasteiger partial charge in [0.1, 0.15) is 5.76 Å². The predicted octanol–water partition coefficient (Wildman–Crippen LogP) is 1.40. The number of hydrogen-bond donors (Lipinski definition) is 0. The molecule has 106 valence electrons. The highest BCUT2D eigenvalue weighted by Crippen LogP contribution is 2.14. The summed E-state index contributed by atoms with van der Waals surface area (Å²) in [5.41, 5.74) is 2.18. The molecule has 1 fully saturated rings. The van der Waals surface area contributed by atoms with Gasteiger partial charge in [-0.15, -0.1) is 0 Å². The van der Waals surface area contributed by atoms with Crippen LogP contribution in [-0.2, 0) is 6.54 Å². The number of rotatable bonds is 3. The summed E-state index contributed by atoms with van der Waals surface area (Å²) in [6, 6.07) is 1.93.